The van der Waals surface area contributed by atoms with Gasteiger partial charge in [-0.05, 0) is 7.05 Å². The molecule has 1 aromatic rings. The minimum atomic E-state index is -0.0135. The van der Waals surface area contributed by atoms with Crippen molar-refractivity contribution in [1.29, 1.82) is 0 Å². The average Bonchev–Trinajstić information content (AvgIpc) is 2.54. The van der Waals surface area contributed by atoms with Gasteiger partial charge in [0.25, 0.3) is 0 Å². The highest BCUT2D eigenvalue weighted by molar-refractivity contribution is 5.22. The molecule has 0 amide bonds. The topological polar surface area (TPSA) is 58.5 Å². The van der Waals surface area contributed by atoms with Gasteiger partial charge < -0.3 is 9.84 Å². The van der Waals surface area contributed by atoms with Crippen LogP contribution >= 0.6 is 0 Å². The molecule has 0 bridgehead atoms. The molecule has 0 radical (unpaired) electrons. The van der Waals surface area contributed by atoms with Crippen molar-refractivity contribution in [3.63, 3.8) is 0 Å². The summed E-state index contributed by atoms with van der Waals surface area (Å²) in [6.45, 7) is 1.97. The zero-order valence-electron chi connectivity index (χ0n) is 8.10. The number of nitrogens with zero attached hydrogens (tertiary/aromatic N) is 3. The minimum absolute atomic E-state index is 0.0135. The van der Waals surface area contributed by atoms with Crippen LogP contribution in [0.4, 0.5) is 0 Å². The van der Waals surface area contributed by atoms with Crippen LogP contribution in [-0.2, 0) is 13.1 Å². The number of hydrogen-bond donors (Lipinski definition) is 1. The summed E-state index contributed by atoms with van der Waals surface area (Å²) in [6, 6.07) is 0.355. The lowest BCUT2D eigenvalue weighted by atomic mass is 10.3. The Morgan fingerprint density at radius 3 is 3.21 bits per heavy atom. The van der Waals surface area contributed by atoms with Crippen LogP contribution < -0.4 is 4.74 Å². The number of rotatable bonds is 3. The Morgan fingerprint density at radius 1 is 1.57 bits per heavy atom. The Kier molecular flexibility index (Phi) is 2.60. The second-order valence-corrected chi connectivity index (χ2v) is 3.37. The third-order valence-corrected chi connectivity index (χ3v) is 2.11. The van der Waals surface area contributed by atoms with Crippen LogP contribution in [0.1, 0.15) is 11.3 Å². The van der Waals surface area contributed by atoms with Gasteiger partial charge in [0.05, 0.1) is 12.3 Å². The lowest BCUT2D eigenvalue weighted by molar-refractivity contribution is 0.191. The highest BCUT2D eigenvalue weighted by Gasteiger charge is 2.17. The Hall–Kier alpha value is -1.20. The van der Waals surface area contributed by atoms with Crippen molar-refractivity contribution >= 4 is 0 Å². The maximum absolute atomic E-state index is 8.57. The first-order valence-electron chi connectivity index (χ1n) is 4.56. The number of ether oxygens (including phenoxy) is 1. The SMILES string of the molecule is CN1Cc2cnc(OCCO)nc2C1. The highest BCUT2D eigenvalue weighted by Crippen LogP contribution is 2.19. The lowest BCUT2D eigenvalue weighted by Gasteiger charge is -2.03. The molecule has 2 heterocycles. The van der Waals surface area contributed by atoms with E-state index in [-0.39, 0.29) is 13.2 Å². The summed E-state index contributed by atoms with van der Waals surface area (Å²) in [4.78, 5) is 10.5. The van der Waals surface area contributed by atoms with Crippen molar-refractivity contribution in [2.24, 2.45) is 0 Å². The number of hydrogen-bond acceptors (Lipinski definition) is 5. The number of aliphatic hydroxyl groups is 1. The molecule has 1 aliphatic rings. The van der Waals surface area contributed by atoms with Crippen LogP contribution in [0, 0.1) is 0 Å². The van der Waals surface area contributed by atoms with E-state index in [4.69, 9.17) is 9.84 Å². The van der Waals surface area contributed by atoms with Gasteiger partial charge in [0.15, 0.2) is 0 Å². The van der Waals surface area contributed by atoms with E-state index in [0.29, 0.717) is 6.01 Å². The van der Waals surface area contributed by atoms with Crippen molar-refractivity contribution in [3.05, 3.63) is 17.5 Å². The third kappa shape index (κ3) is 1.83. The van der Waals surface area contributed by atoms with Crippen LogP contribution in [-0.4, -0.2) is 40.2 Å². The average molecular weight is 195 g/mol. The second-order valence-electron chi connectivity index (χ2n) is 3.37. The van der Waals surface area contributed by atoms with Gasteiger partial charge >= 0.3 is 6.01 Å². The van der Waals surface area contributed by atoms with E-state index in [1.165, 1.54) is 0 Å². The molecule has 14 heavy (non-hydrogen) atoms. The zero-order chi connectivity index (χ0) is 9.97. The van der Waals surface area contributed by atoms with E-state index in [1.807, 2.05) is 7.05 Å². The first-order valence-corrected chi connectivity index (χ1v) is 4.56. The summed E-state index contributed by atoms with van der Waals surface area (Å²) >= 11 is 0. The lowest BCUT2D eigenvalue weighted by Crippen LogP contribution is -2.08. The van der Waals surface area contributed by atoms with Gasteiger partial charge in [-0.2, -0.15) is 4.98 Å². The molecule has 5 nitrogen and oxygen atoms in total. The molecule has 1 N–H and O–H groups in total. The Labute approximate surface area is 82.4 Å². The third-order valence-electron chi connectivity index (χ3n) is 2.11. The predicted octanol–water partition coefficient (Wildman–Crippen LogP) is -0.207. The van der Waals surface area contributed by atoms with Gasteiger partial charge in [-0.3, -0.25) is 4.90 Å². The highest BCUT2D eigenvalue weighted by atomic mass is 16.5. The number of aromatic nitrogens is 2. The van der Waals surface area contributed by atoms with Crippen LogP contribution in [0.5, 0.6) is 6.01 Å². The van der Waals surface area contributed by atoms with Crippen molar-refractivity contribution in [2.45, 2.75) is 13.1 Å². The van der Waals surface area contributed by atoms with Gasteiger partial charge in [-0.1, -0.05) is 0 Å². The molecule has 0 atom stereocenters. The van der Waals surface area contributed by atoms with E-state index < -0.39 is 0 Å². The maximum Gasteiger partial charge on any atom is 0.316 e. The molecule has 5 heteroatoms. The van der Waals surface area contributed by atoms with Crippen LogP contribution in [0.15, 0.2) is 6.20 Å². The molecule has 0 spiro atoms. The first-order chi connectivity index (χ1) is 6.79. The van der Waals surface area contributed by atoms with Crippen molar-refractivity contribution < 1.29 is 9.84 Å². The molecular weight excluding hydrogens is 182 g/mol. The molecule has 0 unspecified atom stereocenters. The predicted molar refractivity (Wildman–Crippen MR) is 49.8 cm³/mol. The van der Waals surface area contributed by atoms with Crippen molar-refractivity contribution in [1.82, 2.24) is 14.9 Å². The molecule has 2 rings (SSSR count). The van der Waals surface area contributed by atoms with E-state index in [2.05, 4.69) is 14.9 Å². The summed E-state index contributed by atoms with van der Waals surface area (Å²) in [5, 5.41) is 8.57. The van der Waals surface area contributed by atoms with E-state index in [9.17, 15) is 0 Å². The molecule has 1 aromatic heterocycles. The summed E-state index contributed by atoms with van der Waals surface area (Å²) in [7, 11) is 2.04. The van der Waals surface area contributed by atoms with Crippen molar-refractivity contribution in [2.75, 3.05) is 20.3 Å². The minimum Gasteiger partial charge on any atom is -0.461 e. The second kappa shape index (κ2) is 3.89. The fourth-order valence-corrected chi connectivity index (χ4v) is 1.50. The van der Waals surface area contributed by atoms with Crippen molar-refractivity contribution in [3.8, 4) is 6.01 Å². The monoisotopic (exact) mass is 195 g/mol. The Morgan fingerprint density at radius 2 is 2.43 bits per heavy atom. The summed E-state index contributed by atoms with van der Waals surface area (Å²) in [6.07, 6.45) is 1.79. The number of aliphatic hydroxyl groups excluding tert-OH is 1. The van der Waals surface area contributed by atoms with Crippen LogP contribution in [0.2, 0.25) is 0 Å². The first kappa shape index (κ1) is 9.36. The molecular formula is C9H13N3O2. The largest absolute Gasteiger partial charge is 0.461 e. The Balaban J connectivity index is 2.12. The van der Waals surface area contributed by atoms with E-state index in [1.54, 1.807) is 6.20 Å². The molecule has 0 aliphatic carbocycles. The zero-order valence-corrected chi connectivity index (χ0v) is 8.10. The number of fused-ring (bicyclic) bond motifs is 1. The quantitative estimate of drug-likeness (QED) is 0.723. The van der Waals surface area contributed by atoms with E-state index >= 15 is 0 Å². The molecule has 0 fully saturated rings. The van der Waals surface area contributed by atoms with Gasteiger partial charge in [0.1, 0.15) is 6.61 Å². The fourth-order valence-electron chi connectivity index (χ4n) is 1.50. The normalized spacial score (nSPS) is 15.6. The van der Waals surface area contributed by atoms with Gasteiger partial charge in [-0.15, -0.1) is 0 Å². The standard InChI is InChI=1S/C9H13N3O2/c1-12-5-7-4-10-9(14-3-2-13)11-8(7)6-12/h4,13H,2-3,5-6H2,1H3. The smallest absolute Gasteiger partial charge is 0.316 e. The summed E-state index contributed by atoms with van der Waals surface area (Å²) in [5.41, 5.74) is 2.18. The summed E-state index contributed by atoms with van der Waals surface area (Å²) < 4.78 is 5.12. The molecule has 1 aliphatic heterocycles. The molecule has 0 saturated carbocycles. The van der Waals surface area contributed by atoms with Crippen LogP contribution in [0.3, 0.4) is 0 Å². The molecule has 0 aromatic carbocycles. The maximum atomic E-state index is 8.57. The molecule has 0 saturated heterocycles. The summed E-state index contributed by atoms with van der Waals surface area (Å²) in [5.74, 6) is 0. The van der Waals surface area contributed by atoms with Gasteiger partial charge in [0.2, 0.25) is 0 Å². The fraction of sp³-hybridized carbons (Fsp3) is 0.556. The van der Waals surface area contributed by atoms with E-state index in [0.717, 1.165) is 24.3 Å². The van der Waals surface area contributed by atoms with Gasteiger partial charge in [-0.25, -0.2) is 4.98 Å². The van der Waals surface area contributed by atoms with Crippen LogP contribution in [0.25, 0.3) is 0 Å². The van der Waals surface area contributed by atoms with Gasteiger partial charge in [0, 0.05) is 24.8 Å². The molecule has 76 valence electrons. The Bertz CT molecular complexity index is 330.